The molecular weight excluding hydrogens is 460 g/mol. The number of anilines is 1. The number of nitrogens with zero attached hydrogens (tertiary/aromatic N) is 2. The molecule has 2 N–H and O–H groups in total. The number of nitrogens with one attached hydrogen (secondary N) is 2. The molecule has 0 unspecified atom stereocenters. The third kappa shape index (κ3) is 7.29. The summed E-state index contributed by atoms with van der Waals surface area (Å²) in [6.07, 6.45) is 3.15. The largest absolute Gasteiger partial charge is 0.378 e. The summed E-state index contributed by atoms with van der Waals surface area (Å²) >= 11 is 6.16. The number of halogens is 1. The van der Waals surface area contributed by atoms with Gasteiger partial charge in [0.05, 0.1) is 16.8 Å². The van der Waals surface area contributed by atoms with E-state index in [4.69, 9.17) is 11.6 Å². The van der Waals surface area contributed by atoms with E-state index in [1.807, 2.05) is 67.5 Å². The lowest BCUT2D eigenvalue weighted by atomic mass is 10.0. The van der Waals surface area contributed by atoms with E-state index in [-0.39, 0.29) is 11.3 Å². The van der Waals surface area contributed by atoms with Crippen molar-refractivity contribution >= 4 is 41.4 Å². The topological polar surface area (TPSA) is 73.8 Å². The lowest BCUT2D eigenvalue weighted by molar-refractivity contribution is -0.117. The Morgan fingerprint density at radius 3 is 2.14 bits per heavy atom. The van der Waals surface area contributed by atoms with Gasteiger partial charge in [-0.2, -0.15) is 5.10 Å². The zero-order valence-electron chi connectivity index (χ0n) is 20.2. The standard InChI is InChI=1S/C28H29ClN4O2/c1-19(2)22-13-9-21(10-14-22)18-30-32-28(35)26(17-20-11-15-23(16-12-20)33(3)4)31-27(34)24-7-5-6-8-25(24)29/h5-19H,1-4H3,(H,31,34)(H,32,35)/b26-17+,30-18+. The third-order valence-corrected chi connectivity index (χ3v) is 5.64. The van der Waals surface area contributed by atoms with Crippen LogP contribution in [0.5, 0.6) is 0 Å². The van der Waals surface area contributed by atoms with Crippen LogP contribution in [0.3, 0.4) is 0 Å². The summed E-state index contributed by atoms with van der Waals surface area (Å²) in [7, 11) is 3.89. The first-order valence-corrected chi connectivity index (χ1v) is 11.6. The maximum absolute atomic E-state index is 13.0. The molecule has 0 bridgehead atoms. The molecule has 0 aromatic heterocycles. The minimum atomic E-state index is -0.558. The maximum atomic E-state index is 13.0. The zero-order valence-corrected chi connectivity index (χ0v) is 21.0. The van der Waals surface area contributed by atoms with Gasteiger partial charge >= 0.3 is 0 Å². The predicted molar refractivity (Wildman–Crippen MR) is 144 cm³/mol. The second-order valence-corrected chi connectivity index (χ2v) is 8.91. The molecule has 35 heavy (non-hydrogen) atoms. The smallest absolute Gasteiger partial charge is 0.287 e. The molecule has 3 rings (SSSR count). The summed E-state index contributed by atoms with van der Waals surface area (Å²) in [5.41, 5.74) is 6.63. The van der Waals surface area contributed by atoms with Crippen LogP contribution in [0.1, 0.15) is 46.8 Å². The fourth-order valence-corrected chi connectivity index (χ4v) is 3.44. The van der Waals surface area contributed by atoms with Gasteiger partial charge in [0.25, 0.3) is 11.8 Å². The van der Waals surface area contributed by atoms with Crippen LogP contribution in [0.4, 0.5) is 5.69 Å². The van der Waals surface area contributed by atoms with Crippen molar-refractivity contribution in [3.05, 3.63) is 106 Å². The summed E-state index contributed by atoms with van der Waals surface area (Å²) in [5.74, 6) is -0.616. The monoisotopic (exact) mass is 488 g/mol. The van der Waals surface area contributed by atoms with Crippen molar-refractivity contribution in [2.75, 3.05) is 19.0 Å². The maximum Gasteiger partial charge on any atom is 0.287 e. The normalized spacial score (nSPS) is 11.5. The Morgan fingerprint density at radius 2 is 1.54 bits per heavy atom. The van der Waals surface area contributed by atoms with Gasteiger partial charge < -0.3 is 10.2 Å². The highest BCUT2D eigenvalue weighted by Crippen LogP contribution is 2.17. The second kappa shape index (κ2) is 12.0. The van der Waals surface area contributed by atoms with Gasteiger partial charge in [-0.25, -0.2) is 5.43 Å². The zero-order chi connectivity index (χ0) is 25.4. The van der Waals surface area contributed by atoms with Gasteiger partial charge in [-0.3, -0.25) is 9.59 Å². The number of benzene rings is 3. The summed E-state index contributed by atoms with van der Waals surface area (Å²) < 4.78 is 0. The quantitative estimate of drug-likeness (QED) is 0.251. The molecule has 0 atom stereocenters. The molecule has 2 amide bonds. The number of hydrogen-bond acceptors (Lipinski definition) is 4. The number of rotatable bonds is 8. The van der Waals surface area contributed by atoms with Crippen LogP contribution < -0.4 is 15.6 Å². The summed E-state index contributed by atoms with van der Waals surface area (Å²) in [6.45, 7) is 4.25. The van der Waals surface area contributed by atoms with Crippen LogP contribution in [0, 0.1) is 0 Å². The molecule has 0 aliphatic heterocycles. The highest BCUT2D eigenvalue weighted by Gasteiger charge is 2.16. The van der Waals surface area contributed by atoms with Crippen LogP contribution in [0.15, 0.2) is 83.6 Å². The lowest BCUT2D eigenvalue weighted by Gasteiger charge is -2.13. The van der Waals surface area contributed by atoms with Gasteiger partial charge in [0.1, 0.15) is 5.70 Å². The molecule has 0 aliphatic carbocycles. The van der Waals surface area contributed by atoms with E-state index in [0.29, 0.717) is 10.9 Å². The molecule has 0 saturated carbocycles. The molecular formula is C28H29ClN4O2. The first kappa shape index (κ1) is 25.7. The lowest BCUT2D eigenvalue weighted by Crippen LogP contribution is -2.33. The predicted octanol–water partition coefficient (Wildman–Crippen LogP) is 5.45. The molecule has 180 valence electrons. The molecule has 7 heteroatoms. The average molecular weight is 489 g/mol. The SMILES string of the molecule is CC(C)c1ccc(/C=N/NC(=O)/C(=C\c2ccc(N(C)C)cc2)NC(=O)c2ccccc2Cl)cc1. The van der Waals surface area contributed by atoms with Gasteiger partial charge in [-0.1, -0.05) is 74.0 Å². The molecule has 0 spiro atoms. The highest BCUT2D eigenvalue weighted by atomic mass is 35.5. The van der Waals surface area contributed by atoms with Gasteiger partial charge in [0.2, 0.25) is 0 Å². The second-order valence-electron chi connectivity index (χ2n) is 8.50. The number of carbonyl (C=O) groups excluding carboxylic acids is 2. The first-order valence-electron chi connectivity index (χ1n) is 11.2. The van der Waals surface area contributed by atoms with Gasteiger partial charge in [-0.15, -0.1) is 0 Å². The first-order chi connectivity index (χ1) is 16.7. The van der Waals surface area contributed by atoms with Gasteiger partial charge in [0.15, 0.2) is 0 Å². The van der Waals surface area contributed by atoms with Crippen LogP contribution in [-0.2, 0) is 4.79 Å². The Balaban J connectivity index is 1.81. The summed E-state index contributed by atoms with van der Waals surface area (Å²) in [6, 6.07) is 22.2. The van der Waals surface area contributed by atoms with E-state index >= 15 is 0 Å². The van der Waals surface area contributed by atoms with Gasteiger partial charge in [0, 0.05) is 19.8 Å². The van der Waals surface area contributed by atoms with Crippen molar-refractivity contribution in [3.8, 4) is 0 Å². The number of amides is 2. The molecule has 0 heterocycles. The van der Waals surface area contributed by atoms with E-state index in [2.05, 4.69) is 29.7 Å². The molecule has 6 nitrogen and oxygen atoms in total. The van der Waals surface area contributed by atoms with E-state index in [1.165, 1.54) is 5.56 Å². The van der Waals surface area contributed by atoms with E-state index in [9.17, 15) is 9.59 Å². The summed E-state index contributed by atoms with van der Waals surface area (Å²) in [5, 5.41) is 7.03. The van der Waals surface area contributed by atoms with Crippen molar-refractivity contribution in [1.82, 2.24) is 10.7 Å². The molecule has 3 aromatic carbocycles. The molecule has 0 aliphatic rings. The fraction of sp³-hybridized carbons (Fsp3) is 0.179. The number of hydrazone groups is 1. The molecule has 3 aromatic rings. The highest BCUT2D eigenvalue weighted by molar-refractivity contribution is 6.34. The Labute approximate surface area is 211 Å². The fourth-order valence-electron chi connectivity index (χ4n) is 3.22. The Bertz CT molecular complexity index is 1230. The van der Waals surface area contributed by atoms with Crippen molar-refractivity contribution in [2.24, 2.45) is 5.10 Å². The van der Waals surface area contributed by atoms with Crippen LogP contribution in [0.25, 0.3) is 6.08 Å². The van der Waals surface area contributed by atoms with Crippen LogP contribution >= 0.6 is 11.6 Å². The number of carbonyl (C=O) groups is 2. The van der Waals surface area contributed by atoms with Gasteiger partial charge in [-0.05, 0) is 52.9 Å². The molecule has 0 fully saturated rings. The average Bonchev–Trinajstić information content (AvgIpc) is 2.84. The van der Waals surface area contributed by atoms with Crippen molar-refractivity contribution in [2.45, 2.75) is 19.8 Å². The number of hydrogen-bond donors (Lipinski definition) is 2. The molecule has 0 radical (unpaired) electrons. The van der Waals surface area contributed by atoms with Crippen molar-refractivity contribution in [3.63, 3.8) is 0 Å². The Morgan fingerprint density at radius 1 is 0.914 bits per heavy atom. The van der Waals surface area contributed by atoms with Crippen molar-refractivity contribution in [1.29, 1.82) is 0 Å². The van der Waals surface area contributed by atoms with Crippen molar-refractivity contribution < 1.29 is 9.59 Å². The van der Waals surface area contributed by atoms with Crippen LogP contribution in [-0.4, -0.2) is 32.1 Å². The van der Waals surface area contributed by atoms with E-state index < -0.39 is 11.8 Å². The third-order valence-electron chi connectivity index (χ3n) is 5.31. The Kier molecular flexibility index (Phi) is 8.81. The van der Waals surface area contributed by atoms with E-state index in [0.717, 1.165) is 16.8 Å². The summed E-state index contributed by atoms with van der Waals surface area (Å²) in [4.78, 5) is 27.8. The van der Waals surface area contributed by atoms with E-state index in [1.54, 1.807) is 36.6 Å². The minimum absolute atomic E-state index is 0.0415. The minimum Gasteiger partial charge on any atom is -0.378 e. The Hall–Kier alpha value is -3.90. The molecule has 0 saturated heterocycles. The van der Waals surface area contributed by atoms with Crippen LogP contribution in [0.2, 0.25) is 5.02 Å².